The number of aromatic nitrogens is 3. The van der Waals surface area contributed by atoms with Gasteiger partial charge in [-0.15, -0.1) is 0 Å². The summed E-state index contributed by atoms with van der Waals surface area (Å²) in [6, 6.07) is 31.5. The molecule has 4 heterocycles. The average molecular weight is 1010 g/mol. The van der Waals surface area contributed by atoms with Crippen molar-refractivity contribution in [2.75, 3.05) is 71.6 Å². The maximum atomic E-state index is 15.6. The Bertz CT molecular complexity index is 2800. The van der Waals surface area contributed by atoms with Gasteiger partial charge in [0, 0.05) is 90.2 Å². The minimum Gasteiger partial charge on any atom is -0.491 e. The summed E-state index contributed by atoms with van der Waals surface area (Å²) in [7, 11) is -2.50. The Kier molecular flexibility index (Phi) is 15.3. The molecule has 9 rings (SSSR count). The Labute approximate surface area is 419 Å². The highest BCUT2D eigenvalue weighted by Gasteiger charge is 2.51. The van der Waals surface area contributed by atoms with Crippen LogP contribution in [0.4, 0.5) is 40.7 Å². The number of nitrogens with one attached hydrogen (secondary N) is 2. The maximum Gasteiger partial charge on any atom is 0.286 e. The summed E-state index contributed by atoms with van der Waals surface area (Å²) in [5, 5.41) is 6.95. The van der Waals surface area contributed by atoms with Crippen molar-refractivity contribution in [1.29, 1.82) is 0 Å². The van der Waals surface area contributed by atoms with Crippen molar-refractivity contribution in [3.63, 3.8) is 0 Å². The SMILES string of the molecule is CCCCCOc1ccc(NS2(c3ccc(N4CCN(c5ccc(OC[C@H]6OC[C@](Cn7cncn7)(c7ccc(F)cc7F)O6)cc5)CC4)cc3)CC(c3ccc(NC(C)=O)cc3)N(C(C)C)C2=O)cc1F. The Morgan fingerprint density at radius 1 is 0.847 bits per heavy atom. The van der Waals surface area contributed by atoms with Gasteiger partial charge >= 0.3 is 0 Å². The van der Waals surface area contributed by atoms with Gasteiger partial charge in [-0.05, 0) is 105 Å². The van der Waals surface area contributed by atoms with E-state index in [0.717, 1.165) is 73.3 Å². The van der Waals surface area contributed by atoms with E-state index in [1.54, 1.807) is 12.1 Å². The highest BCUT2D eigenvalue weighted by molar-refractivity contribution is 8.46. The van der Waals surface area contributed by atoms with E-state index in [0.29, 0.717) is 29.5 Å². The van der Waals surface area contributed by atoms with Crippen LogP contribution in [0.2, 0.25) is 0 Å². The second-order valence-electron chi connectivity index (χ2n) is 18.6. The minimum atomic E-state index is -2.50. The number of carbonyl (C=O) groups is 2. The van der Waals surface area contributed by atoms with Crippen LogP contribution in [0.25, 0.3) is 0 Å². The van der Waals surface area contributed by atoms with Crippen LogP contribution in [-0.4, -0.2) is 94.9 Å². The van der Waals surface area contributed by atoms with Crippen molar-refractivity contribution in [2.45, 2.75) is 82.4 Å². The second-order valence-corrected chi connectivity index (χ2v) is 21.5. The number of carbonyl (C=O) groups excluding carboxylic acids is 2. The second kappa shape index (κ2) is 21.9. The molecule has 3 aliphatic heterocycles. The van der Waals surface area contributed by atoms with E-state index >= 15 is 13.6 Å². The van der Waals surface area contributed by atoms with E-state index in [1.807, 2.05) is 79.4 Å². The first-order valence-corrected chi connectivity index (χ1v) is 26.2. The molecule has 3 aliphatic rings. The summed E-state index contributed by atoms with van der Waals surface area (Å²) in [6.45, 7) is 11.2. The molecule has 0 bridgehead atoms. The van der Waals surface area contributed by atoms with Crippen LogP contribution in [0.3, 0.4) is 0 Å². The molecule has 1 aromatic heterocycles. The maximum absolute atomic E-state index is 15.6. The van der Waals surface area contributed by atoms with Crippen LogP contribution in [0.1, 0.15) is 64.1 Å². The zero-order chi connectivity index (χ0) is 50.4. The predicted octanol–water partition coefficient (Wildman–Crippen LogP) is 10.7. The van der Waals surface area contributed by atoms with Gasteiger partial charge < -0.3 is 43.7 Å². The molecule has 3 fully saturated rings. The quantitative estimate of drug-likeness (QED) is 0.0751. The van der Waals surface area contributed by atoms with Gasteiger partial charge in [-0.1, -0.05) is 48.2 Å². The van der Waals surface area contributed by atoms with Crippen molar-refractivity contribution in [2.24, 2.45) is 0 Å². The van der Waals surface area contributed by atoms with Gasteiger partial charge in [-0.25, -0.2) is 22.8 Å². The summed E-state index contributed by atoms with van der Waals surface area (Å²) in [6.07, 6.45) is 4.92. The van der Waals surface area contributed by atoms with E-state index in [4.69, 9.17) is 18.9 Å². The fourth-order valence-corrected chi connectivity index (χ4v) is 13.2. The number of benzene rings is 5. The number of anilines is 4. The highest BCUT2D eigenvalue weighted by Crippen LogP contribution is 2.65. The standard InChI is InChI=1S/C54H61F3N8O6S/c1-5-6-7-28-68-51-23-13-42(30-49(51)57)61-72(32-50(65(37(2)3)53(72)67)39-8-11-41(12-9-39)60-38(4)66)46-20-16-44(17-21-46)63-26-24-62(25-27-63)43-14-18-45(19-15-43)69-31-52-70-34-54(71-52,33-64-36-58-35-59-64)47-22-10-40(55)29-48(47)56/h8-23,29-30,35-37,50,52,61H,5-7,24-28,31-34H2,1-4H3,(H,60,66)/t50?,52-,54+/m0/s1. The lowest BCUT2D eigenvalue weighted by atomic mass is 9.94. The summed E-state index contributed by atoms with van der Waals surface area (Å²) >= 11 is 0. The minimum absolute atomic E-state index is 0.000932. The van der Waals surface area contributed by atoms with Crippen LogP contribution in [-0.2, 0) is 26.4 Å². The smallest absolute Gasteiger partial charge is 0.286 e. The number of unbranched alkanes of at least 4 members (excludes halogenated alkanes) is 2. The topological polar surface area (TPSA) is 136 Å². The van der Waals surface area contributed by atoms with E-state index in [-0.39, 0.29) is 54.3 Å². The van der Waals surface area contributed by atoms with Crippen molar-refractivity contribution >= 4 is 44.1 Å². The van der Waals surface area contributed by atoms with Crippen LogP contribution >= 0.6 is 10.2 Å². The van der Waals surface area contributed by atoms with Gasteiger partial charge in [0.2, 0.25) is 5.91 Å². The van der Waals surface area contributed by atoms with Gasteiger partial charge in [0.25, 0.3) is 5.24 Å². The lowest BCUT2D eigenvalue weighted by Gasteiger charge is -2.38. The molecule has 0 spiro atoms. The first-order chi connectivity index (χ1) is 34.8. The van der Waals surface area contributed by atoms with Crippen LogP contribution in [0.15, 0.2) is 127 Å². The largest absolute Gasteiger partial charge is 0.491 e. The first-order valence-electron chi connectivity index (χ1n) is 24.4. The van der Waals surface area contributed by atoms with Gasteiger partial charge in [0.15, 0.2) is 17.9 Å². The summed E-state index contributed by atoms with van der Waals surface area (Å²) in [5.41, 5.74) is 3.08. The number of ether oxygens (including phenoxy) is 4. The van der Waals surface area contributed by atoms with E-state index in [9.17, 15) is 9.18 Å². The number of halogens is 3. The van der Waals surface area contributed by atoms with Crippen molar-refractivity contribution in [1.82, 2.24) is 19.7 Å². The number of hydrogen-bond donors (Lipinski definition) is 2. The number of piperazine rings is 1. The fraction of sp³-hybridized carbons (Fsp3) is 0.370. The number of amides is 2. The summed E-state index contributed by atoms with van der Waals surface area (Å²) in [4.78, 5) is 38.3. The van der Waals surface area contributed by atoms with Crippen molar-refractivity contribution in [3.05, 3.63) is 150 Å². The molecular weight excluding hydrogens is 946 g/mol. The zero-order valence-electron chi connectivity index (χ0n) is 40.9. The lowest BCUT2D eigenvalue weighted by molar-refractivity contribution is -0.117. The Morgan fingerprint density at radius 3 is 2.17 bits per heavy atom. The molecule has 0 saturated carbocycles. The monoisotopic (exact) mass is 1010 g/mol. The number of nitrogens with zero attached hydrogens (tertiary/aromatic N) is 6. The summed E-state index contributed by atoms with van der Waals surface area (Å²) < 4.78 is 73.8. The number of rotatable bonds is 19. The molecule has 4 atom stereocenters. The molecule has 2 unspecified atom stereocenters. The van der Waals surface area contributed by atoms with Crippen LogP contribution in [0.5, 0.6) is 11.5 Å². The molecule has 6 aromatic rings. The molecule has 72 heavy (non-hydrogen) atoms. The molecular formula is C54H61F3N8O6S. The normalized spacial score (nSPS) is 22.0. The molecule has 5 aromatic carbocycles. The van der Waals surface area contributed by atoms with E-state index in [2.05, 4.69) is 49.0 Å². The van der Waals surface area contributed by atoms with E-state index < -0.39 is 39.6 Å². The molecule has 0 radical (unpaired) electrons. The Hall–Kier alpha value is -6.76. The predicted molar refractivity (Wildman–Crippen MR) is 273 cm³/mol. The third kappa shape index (κ3) is 11.0. The molecule has 2 amide bonds. The molecule has 0 aliphatic carbocycles. The molecule has 2 N–H and O–H groups in total. The molecule has 14 nitrogen and oxygen atoms in total. The Morgan fingerprint density at radius 2 is 1.54 bits per heavy atom. The summed E-state index contributed by atoms with van der Waals surface area (Å²) in [5.74, 6) is -0.836. The fourth-order valence-electron chi connectivity index (χ4n) is 9.68. The third-order valence-electron chi connectivity index (χ3n) is 13.3. The first kappa shape index (κ1) is 50.2. The van der Waals surface area contributed by atoms with Crippen LogP contribution in [0, 0.1) is 17.5 Å². The molecule has 3 saturated heterocycles. The van der Waals surface area contributed by atoms with Gasteiger partial charge in [-0.3, -0.25) is 9.59 Å². The third-order valence-corrected chi connectivity index (χ3v) is 16.6. The van der Waals surface area contributed by atoms with Gasteiger partial charge in [0.05, 0.1) is 25.8 Å². The van der Waals surface area contributed by atoms with E-state index in [1.165, 1.54) is 42.5 Å². The lowest BCUT2D eigenvalue weighted by Crippen LogP contribution is -2.46. The average Bonchev–Trinajstić information content (AvgIpc) is 4.12. The Balaban J connectivity index is 0.862. The molecule has 18 heteroatoms. The van der Waals surface area contributed by atoms with Gasteiger partial charge in [-0.2, -0.15) is 5.10 Å². The number of hydrogen-bond acceptors (Lipinski definition) is 11. The van der Waals surface area contributed by atoms with Crippen molar-refractivity contribution in [3.8, 4) is 11.5 Å². The molecule has 380 valence electrons. The van der Waals surface area contributed by atoms with Gasteiger partial charge in [0.1, 0.15) is 42.2 Å². The highest BCUT2D eigenvalue weighted by atomic mass is 32.3. The van der Waals surface area contributed by atoms with Crippen molar-refractivity contribution < 1.29 is 41.7 Å². The zero-order valence-corrected chi connectivity index (χ0v) is 41.8. The van der Waals surface area contributed by atoms with Crippen LogP contribution < -0.4 is 29.3 Å².